The molecule has 0 spiro atoms. The van der Waals surface area contributed by atoms with Gasteiger partial charge >= 0.3 is 0 Å². The number of phenols is 1. The zero-order valence-electron chi connectivity index (χ0n) is 15.2. The van der Waals surface area contributed by atoms with E-state index in [0.717, 1.165) is 22.6 Å². The molecule has 0 saturated carbocycles. The van der Waals surface area contributed by atoms with Crippen molar-refractivity contribution in [3.8, 4) is 17.2 Å². The molecule has 2 aromatic carbocycles. The molecule has 0 aliphatic heterocycles. The molecule has 0 saturated heterocycles. The van der Waals surface area contributed by atoms with Crippen LogP contribution in [0.5, 0.6) is 11.5 Å². The van der Waals surface area contributed by atoms with E-state index in [2.05, 4.69) is 5.10 Å². The lowest BCUT2D eigenvalue weighted by atomic mass is 10.1. The van der Waals surface area contributed by atoms with Gasteiger partial charge in [0.15, 0.2) is 17.3 Å². The van der Waals surface area contributed by atoms with Crippen LogP contribution < -0.4 is 4.74 Å². The average molecular weight is 366 g/mol. The van der Waals surface area contributed by atoms with E-state index in [1.807, 2.05) is 13.8 Å². The highest BCUT2D eigenvalue weighted by Crippen LogP contribution is 2.27. The van der Waals surface area contributed by atoms with Crippen LogP contribution in [0.4, 0.5) is 4.39 Å². The number of aromatic nitrogens is 2. The predicted molar refractivity (Wildman–Crippen MR) is 101 cm³/mol. The molecule has 0 amide bonds. The first kappa shape index (κ1) is 18.4. The van der Waals surface area contributed by atoms with Crippen LogP contribution in [0.1, 0.15) is 27.3 Å². The molecule has 27 heavy (non-hydrogen) atoms. The number of hydrogen-bond acceptors (Lipinski definition) is 4. The quantitative estimate of drug-likeness (QED) is 0.542. The maximum absolute atomic E-state index is 13.1. The van der Waals surface area contributed by atoms with E-state index in [1.165, 1.54) is 43.5 Å². The van der Waals surface area contributed by atoms with Crippen LogP contribution in [0, 0.1) is 19.7 Å². The first-order valence-electron chi connectivity index (χ1n) is 8.32. The van der Waals surface area contributed by atoms with Crippen molar-refractivity contribution in [2.24, 2.45) is 0 Å². The number of ketones is 1. The standard InChI is InChI=1S/C21H19FN2O3/c1-13-18(14(2)24(23-13)17-7-5-16(22)6-8-17)9-11-19(25)15-4-10-20(26)21(12-15)27-3/h4-12,26H,1-3H3. The van der Waals surface area contributed by atoms with Gasteiger partial charge in [-0.05, 0) is 68.5 Å². The van der Waals surface area contributed by atoms with E-state index in [1.54, 1.807) is 22.9 Å². The smallest absolute Gasteiger partial charge is 0.185 e. The highest BCUT2D eigenvalue weighted by molar-refractivity contribution is 6.07. The molecule has 0 unspecified atom stereocenters. The molecule has 0 aliphatic rings. The molecule has 0 radical (unpaired) electrons. The third-order valence-corrected chi connectivity index (χ3v) is 4.28. The van der Waals surface area contributed by atoms with Gasteiger partial charge in [-0.3, -0.25) is 4.79 Å². The molecule has 1 aromatic heterocycles. The predicted octanol–water partition coefficient (Wildman–Crippen LogP) is 4.24. The fraction of sp³-hybridized carbons (Fsp3) is 0.143. The van der Waals surface area contributed by atoms with Gasteiger partial charge in [0, 0.05) is 16.8 Å². The van der Waals surface area contributed by atoms with Gasteiger partial charge in [0.05, 0.1) is 18.5 Å². The monoisotopic (exact) mass is 366 g/mol. The van der Waals surface area contributed by atoms with Gasteiger partial charge in [-0.25, -0.2) is 9.07 Å². The van der Waals surface area contributed by atoms with Crippen molar-refractivity contribution in [3.63, 3.8) is 0 Å². The van der Waals surface area contributed by atoms with Crippen LogP contribution in [0.15, 0.2) is 48.5 Å². The van der Waals surface area contributed by atoms with E-state index in [-0.39, 0.29) is 23.1 Å². The van der Waals surface area contributed by atoms with E-state index in [4.69, 9.17) is 4.74 Å². The highest BCUT2D eigenvalue weighted by Gasteiger charge is 2.12. The summed E-state index contributed by atoms with van der Waals surface area (Å²) in [6, 6.07) is 10.5. The topological polar surface area (TPSA) is 64.3 Å². The lowest BCUT2D eigenvalue weighted by Crippen LogP contribution is -1.99. The van der Waals surface area contributed by atoms with Gasteiger partial charge in [0.25, 0.3) is 0 Å². The molecule has 0 atom stereocenters. The minimum absolute atomic E-state index is 0.0229. The van der Waals surface area contributed by atoms with Crippen molar-refractivity contribution >= 4 is 11.9 Å². The van der Waals surface area contributed by atoms with Crippen molar-refractivity contribution in [2.75, 3.05) is 7.11 Å². The van der Waals surface area contributed by atoms with Gasteiger partial charge < -0.3 is 9.84 Å². The Balaban J connectivity index is 1.89. The van der Waals surface area contributed by atoms with Crippen LogP contribution in [-0.4, -0.2) is 27.8 Å². The molecule has 3 aromatic rings. The second-order valence-corrected chi connectivity index (χ2v) is 6.06. The Hall–Kier alpha value is -3.41. The Morgan fingerprint density at radius 1 is 1.19 bits per heavy atom. The fourth-order valence-corrected chi connectivity index (χ4v) is 2.82. The van der Waals surface area contributed by atoms with Crippen molar-refractivity contribution in [2.45, 2.75) is 13.8 Å². The van der Waals surface area contributed by atoms with Gasteiger partial charge in [0.1, 0.15) is 5.82 Å². The molecule has 3 rings (SSSR count). The number of phenolic OH excluding ortho intramolecular Hbond substituents is 1. The van der Waals surface area contributed by atoms with Crippen LogP contribution in [0.3, 0.4) is 0 Å². The molecular weight excluding hydrogens is 347 g/mol. The normalized spacial score (nSPS) is 11.1. The van der Waals surface area contributed by atoms with Crippen molar-refractivity contribution in [3.05, 3.63) is 76.9 Å². The number of benzene rings is 2. The number of halogens is 1. The first-order chi connectivity index (χ1) is 12.9. The van der Waals surface area contributed by atoms with E-state index >= 15 is 0 Å². The van der Waals surface area contributed by atoms with Gasteiger partial charge in [-0.2, -0.15) is 5.10 Å². The Morgan fingerprint density at radius 2 is 1.89 bits per heavy atom. The summed E-state index contributed by atoms with van der Waals surface area (Å²) in [6.45, 7) is 3.73. The van der Waals surface area contributed by atoms with E-state index < -0.39 is 0 Å². The molecule has 0 bridgehead atoms. The zero-order valence-corrected chi connectivity index (χ0v) is 15.2. The minimum atomic E-state index is -0.310. The molecule has 1 N–H and O–H groups in total. The largest absolute Gasteiger partial charge is 0.504 e. The SMILES string of the molecule is COc1cc(C(=O)C=Cc2c(C)nn(-c3ccc(F)cc3)c2C)ccc1O. The summed E-state index contributed by atoms with van der Waals surface area (Å²) in [5.74, 6) is -0.312. The summed E-state index contributed by atoms with van der Waals surface area (Å²) in [6.07, 6.45) is 3.16. The molecular formula is C21H19FN2O3. The van der Waals surface area contributed by atoms with E-state index in [0.29, 0.717) is 5.56 Å². The second kappa shape index (κ2) is 7.45. The van der Waals surface area contributed by atoms with Gasteiger partial charge in [-0.15, -0.1) is 0 Å². The van der Waals surface area contributed by atoms with Crippen molar-refractivity contribution in [1.29, 1.82) is 0 Å². The number of carbonyl (C=O) groups excluding carboxylic acids is 1. The number of ether oxygens (including phenoxy) is 1. The number of carbonyl (C=O) groups is 1. The molecule has 6 heteroatoms. The number of allylic oxidation sites excluding steroid dienone is 1. The molecule has 1 heterocycles. The van der Waals surface area contributed by atoms with Gasteiger partial charge in [-0.1, -0.05) is 0 Å². The minimum Gasteiger partial charge on any atom is -0.504 e. The van der Waals surface area contributed by atoms with Crippen LogP contribution in [-0.2, 0) is 0 Å². The fourth-order valence-electron chi connectivity index (χ4n) is 2.82. The summed E-state index contributed by atoms with van der Waals surface area (Å²) in [4.78, 5) is 12.4. The molecule has 0 fully saturated rings. The third-order valence-electron chi connectivity index (χ3n) is 4.28. The van der Waals surface area contributed by atoms with Crippen LogP contribution in [0.25, 0.3) is 11.8 Å². The van der Waals surface area contributed by atoms with Crippen LogP contribution in [0.2, 0.25) is 0 Å². The lowest BCUT2D eigenvalue weighted by Gasteiger charge is -2.05. The van der Waals surface area contributed by atoms with Crippen LogP contribution >= 0.6 is 0 Å². The first-order valence-corrected chi connectivity index (χ1v) is 8.32. The average Bonchev–Trinajstić information content (AvgIpc) is 2.94. The third kappa shape index (κ3) is 3.74. The second-order valence-electron chi connectivity index (χ2n) is 6.06. The molecule has 5 nitrogen and oxygen atoms in total. The van der Waals surface area contributed by atoms with E-state index in [9.17, 15) is 14.3 Å². The Bertz CT molecular complexity index is 1020. The summed E-state index contributed by atoms with van der Waals surface area (Å²) >= 11 is 0. The number of aryl methyl sites for hydroxylation is 1. The van der Waals surface area contributed by atoms with Gasteiger partial charge in [0.2, 0.25) is 0 Å². The summed E-state index contributed by atoms with van der Waals surface area (Å²) in [7, 11) is 1.43. The number of hydrogen-bond donors (Lipinski definition) is 1. The highest BCUT2D eigenvalue weighted by atomic mass is 19.1. The Labute approximate surface area is 156 Å². The number of methoxy groups -OCH3 is 1. The number of aromatic hydroxyl groups is 1. The number of rotatable bonds is 5. The number of nitrogens with zero attached hydrogens (tertiary/aromatic N) is 2. The molecule has 138 valence electrons. The Morgan fingerprint density at radius 3 is 2.56 bits per heavy atom. The maximum atomic E-state index is 13.1. The molecule has 0 aliphatic carbocycles. The summed E-state index contributed by atoms with van der Waals surface area (Å²) < 4.78 is 19.9. The Kier molecular flexibility index (Phi) is 5.07. The van der Waals surface area contributed by atoms with Crippen molar-refractivity contribution in [1.82, 2.24) is 9.78 Å². The zero-order chi connectivity index (χ0) is 19.6. The maximum Gasteiger partial charge on any atom is 0.185 e. The summed E-state index contributed by atoms with van der Waals surface area (Å²) in [5.41, 5.74) is 3.56. The van der Waals surface area contributed by atoms with Crippen molar-refractivity contribution < 1.29 is 19.0 Å². The summed E-state index contributed by atoms with van der Waals surface area (Å²) in [5, 5.41) is 14.1. The lowest BCUT2D eigenvalue weighted by molar-refractivity contribution is 0.104.